The fourth-order valence-corrected chi connectivity index (χ4v) is 2.74. The van der Waals surface area contributed by atoms with Gasteiger partial charge >= 0.3 is 12.2 Å². The molecule has 0 fully saturated rings. The van der Waals surface area contributed by atoms with Crippen LogP contribution in [0.1, 0.15) is 52.5 Å². The number of unbranched alkanes of at least 4 members (excludes halogenated alkanes) is 1. The Bertz CT molecular complexity index is 706. The third kappa shape index (κ3) is 10.2. The third-order valence-corrected chi connectivity index (χ3v) is 4.31. The number of rotatable bonds is 9. The average molecular weight is 437 g/mol. The molecule has 0 aromatic heterocycles. The number of benzene rings is 1. The molecule has 1 atom stereocenters. The summed E-state index contributed by atoms with van der Waals surface area (Å²) in [5.74, 6) is -0.359. The van der Waals surface area contributed by atoms with Crippen molar-refractivity contribution in [3.05, 3.63) is 35.9 Å². The second kappa shape index (κ2) is 12.8. The van der Waals surface area contributed by atoms with Gasteiger partial charge in [0.05, 0.1) is 6.04 Å². The van der Waals surface area contributed by atoms with E-state index in [1.807, 2.05) is 30.3 Å². The SMILES string of the molecule is CCN(C(=O)C(N)CCCCNC(=O)OC(C)(C)C)N(C)C(=O)OCc1ccccc1. The van der Waals surface area contributed by atoms with Crippen molar-refractivity contribution in [1.82, 2.24) is 15.3 Å². The largest absolute Gasteiger partial charge is 0.444 e. The highest BCUT2D eigenvalue weighted by molar-refractivity contribution is 5.83. The van der Waals surface area contributed by atoms with Crippen molar-refractivity contribution >= 4 is 18.1 Å². The Hall–Kier alpha value is -2.81. The molecule has 0 aliphatic rings. The molecule has 9 nitrogen and oxygen atoms in total. The van der Waals surface area contributed by atoms with Crippen molar-refractivity contribution < 1.29 is 23.9 Å². The molecule has 1 aromatic rings. The normalized spacial score (nSPS) is 11.9. The zero-order chi connectivity index (χ0) is 23.4. The van der Waals surface area contributed by atoms with Gasteiger partial charge in [-0.2, -0.15) is 0 Å². The lowest BCUT2D eigenvalue weighted by molar-refractivity contribution is -0.145. The fraction of sp³-hybridized carbons (Fsp3) is 0.591. The van der Waals surface area contributed by atoms with Crippen molar-refractivity contribution in [2.75, 3.05) is 20.1 Å². The minimum absolute atomic E-state index is 0.118. The Morgan fingerprint density at radius 1 is 1.13 bits per heavy atom. The van der Waals surface area contributed by atoms with E-state index in [9.17, 15) is 14.4 Å². The number of alkyl carbamates (subject to hydrolysis) is 1. The first kappa shape index (κ1) is 26.2. The number of nitrogens with one attached hydrogen (secondary N) is 1. The number of hydrazine groups is 1. The van der Waals surface area contributed by atoms with Gasteiger partial charge in [-0.1, -0.05) is 30.3 Å². The predicted molar refractivity (Wildman–Crippen MR) is 118 cm³/mol. The van der Waals surface area contributed by atoms with Gasteiger partial charge in [0.15, 0.2) is 0 Å². The number of hydrogen-bond donors (Lipinski definition) is 2. The van der Waals surface area contributed by atoms with E-state index in [2.05, 4.69) is 5.32 Å². The number of ether oxygens (including phenoxy) is 2. The van der Waals surface area contributed by atoms with E-state index in [-0.39, 0.29) is 19.1 Å². The molecule has 31 heavy (non-hydrogen) atoms. The molecule has 174 valence electrons. The molecule has 0 aliphatic heterocycles. The molecule has 0 saturated carbocycles. The number of carbonyl (C=O) groups excluding carboxylic acids is 3. The quantitative estimate of drug-likeness (QED) is 0.454. The Morgan fingerprint density at radius 3 is 2.35 bits per heavy atom. The first-order valence-corrected chi connectivity index (χ1v) is 10.5. The average Bonchev–Trinajstić information content (AvgIpc) is 2.71. The molecule has 0 heterocycles. The monoisotopic (exact) mass is 436 g/mol. The maximum atomic E-state index is 12.7. The standard InChI is InChI=1S/C22H36N4O5/c1-6-26(25(5)21(29)30-16-17-12-8-7-9-13-17)19(27)18(23)14-10-11-15-24-20(28)31-22(2,3)4/h7-9,12-13,18H,6,10-11,14-16,23H2,1-5H3,(H,24,28). The van der Waals surface area contributed by atoms with Crippen LogP contribution < -0.4 is 11.1 Å². The molecule has 0 saturated heterocycles. The van der Waals surface area contributed by atoms with Crippen molar-refractivity contribution in [2.45, 2.75) is 65.2 Å². The van der Waals surface area contributed by atoms with Crippen LogP contribution in [-0.2, 0) is 20.9 Å². The van der Waals surface area contributed by atoms with E-state index in [0.29, 0.717) is 25.8 Å². The number of amides is 3. The molecule has 0 aliphatic carbocycles. The van der Waals surface area contributed by atoms with Gasteiger partial charge in [-0.05, 0) is 52.5 Å². The number of hydrogen-bond acceptors (Lipinski definition) is 6. The molecule has 0 bridgehead atoms. The van der Waals surface area contributed by atoms with Crippen LogP contribution >= 0.6 is 0 Å². The van der Waals surface area contributed by atoms with Gasteiger partial charge in [0.1, 0.15) is 12.2 Å². The van der Waals surface area contributed by atoms with E-state index in [0.717, 1.165) is 10.6 Å². The maximum Gasteiger partial charge on any atom is 0.428 e. The summed E-state index contributed by atoms with van der Waals surface area (Å²) >= 11 is 0. The number of nitrogens with zero attached hydrogens (tertiary/aromatic N) is 2. The first-order valence-electron chi connectivity index (χ1n) is 10.5. The molecule has 1 unspecified atom stereocenters. The summed E-state index contributed by atoms with van der Waals surface area (Å²) in [4.78, 5) is 36.6. The second-order valence-corrected chi connectivity index (χ2v) is 8.15. The van der Waals surface area contributed by atoms with Gasteiger partial charge < -0.3 is 20.5 Å². The van der Waals surface area contributed by atoms with E-state index in [1.165, 1.54) is 12.1 Å². The first-order chi connectivity index (χ1) is 14.5. The van der Waals surface area contributed by atoms with E-state index >= 15 is 0 Å². The number of nitrogens with two attached hydrogens (primary N) is 1. The molecule has 1 aromatic carbocycles. The molecule has 0 spiro atoms. The van der Waals surface area contributed by atoms with E-state index < -0.39 is 23.8 Å². The summed E-state index contributed by atoms with van der Waals surface area (Å²) in [6, 6.07) is 8.54. The number of likely N-dealkylation sites (N-methyl/N-ethyl adjacent to an activating group) is 1. The lowest BCUT2D eigenvalue weighted by Gasteiger charge is -2.32. The molecule has 1 rings (SSSR count). The minimum Gasteiger partial charge on any atom is -0.444 e. The molecule has 3 N–H and O–H groups in total. The minimum atomic E-state index is -0.758. The highest BCUT2D eigenvalue weighted by atomic mass is 16.6. The van der Waals surface area contributed by atoms with Crippen molar-refractivity contribution in [1.29, 1.82) is 0 Å². The van der Waals surface area contributed by atoms with Gasteiger partial charge in [-0.15, -0.1) is 0 Å². The van der Waals surface area contributed by atoms with E-state index in [1.54, 1.807) is 27.7 Å². The Kier molecular flexibility index (Phi) is 10.8. The second-order valence-electron chi connectivity index (χ2n) is 8.15. The zero-order valence-electron chi connectivity index (χ0n) is 19.2. The zero-order valence-corrected chi connectivity index (χ0v) is 19.2. The highest BCUT2D eigenvalue weighted by Crippen LogP contribution is 2.09. The van der Waals surface area contributed by atoms with Gasteiger partial charge in [0.2, 0.25) is 0 Å². The summed E-state index contributed by atoms with van der Waals surface area (Å²) in [6.45, 7) is 7.98. The van der Waals surface area contributed by atoms with Crippen LogP contribution in [-0.4, -0.2) is 59.9 Å². The molecular formula is C22H36N4O5. The Balaban J connectivity index is 2.40. The summed E-state index contributed by atoms with van der Waals surface area (Å²) in [6.07, 6.45) is 0.621. The third-order valence-electron chi connectivity index (χ3n) is 4.31. The lowest BCUT2D eigenvalue weighted by Crippen LogP contribution is -2.53. The van der Waals surface area contributed by atoms with Crippen LogP contribution in [0.4, 0.5) is 9.59 Å². The predicted octanol–water partition coefficient (Wildman–Crippen LogP) is 3.04. The maximum absolute atomic E-state index is 12.7. The summed E-state index contributed by atoms with van der Waals surface area (Å²) < 4.78 is 10.4. The van der Waals surface area contributed by atoms with Gasteiger partial charge in [-0.3, -0.25) is 4.79 Å². The van der Waals surface area contributed by atoms with Gasteiger partial charge in [-0.25, -0.2) is 19.6 Å². The Labute approximate surface area is 184 Å². The number of carbonyl (C=O) groups is 3. The molecule has 9 heteroatoms. The summed E-state index contributed by atoms with van der Waals surface area (Å²) in [7, 11) is 1.48. The Morgan fingerprint density at radius 2 is 1.77 bits per heavy atom. The van der Waals surface area contributed by atoms with Gasteiger partial charge in [0.25, 0.3) is 5.91 Å². The van der Waals surface area contributed by atoms with Crippen LogP contribution in [0.15, 0.2) is 30.3 Å². The van der Waals surface area contributed by atoms with Crippen molar-refractivity contribution in [2.24, 2.45) is 5.73 Å². The van der Waals surface area contributed by atoms with Crippen molar-refractivity contribution in [3.8, 4) is 0 Å². The van der Waals surface area contributed by atoms with Crippen LogP contribution in [0.3, 0.4) is 0 Å². The molecule has 3 amide bonds. The summed E-state index contributed by atoms with van der Waals surface area (Å²) in [5, 5.41) is 5.09. The van der Waals surface area contributed by atoms with Crippen LogP contribution in [0.2, 0.25) is 0 Å². The van der Waals surface area contributed by atoms with Crippen LogP contribution in [0.25, 0.3) is 0 Å². The van der Waals surface area contributed by atoms with Gasteiger partial charge in [0, 0.05) is 20.1 Å². The highest BCUT2D eigenvalue weighted by Gasteiger charge is 2.26. The van der Waals surface area contributed by atoms with Crippen molar-refractivity contribution in [3.63, 3.8) is 0 Å². The van der Waals surface area contributed by atoms with Crippen LogP contribution in [0, 0.1) is 0 Å². The summed E-state index contributed by atoms with van der Waals surface area (Å²) in [5.41, 5.74) is 6.35. The molecule has 0 radical (unpaired) electrons. The molecular weight excluding hydrogens is 400 g/mol. The van der Waals surface area contributed by atoms with E-state index in [4.69, 9.17) is 15.2 Å². The van der Waals surface area contributed by atoms with Crippen LogP contribution in [0.5, 0.6) is 0 Å². The topological polar surface area (TPSA) is 114 Å². The smallest absolute Gasteiger partial charge is 0.428 e. The lowest BCUT2D eigenvalue weighted by atomic mass is 10.1. The fourth-order valence-electron chi connectivity index (χ4n) is 2.74.